The predicted molar refractivity (Wildman–Crippen MR) is 77.6 cm³/mol. The van der Waals surface area contributed by atoms with E-state index in [0.29, 0.717) is 11.4 Å². The molecule has 0 aliphatic heterocycles. The number of rotatable bonds is 5. The molecule has 0 bridgehead atoms. The van der Waals surface area contributed by atoms with Crippen LogP contribution in [0.4, 0.5) is 5.69 Å². The molecule has 2 N–H and O–H groups in total. The SMILES string of the molecule is CC(O)c1ccc(NC(=O)COc2ccccc2)cc1. The Bertz CT molecular complexity index is 550. The van der Waals surface area contributed by atoms with Crippen LogP contribution in [0.2, 0.25) is 0 Å². The standard InChI is InChI=1S/C16H17NO3/c1-12(18)13-7-9-14(10-8-13)17-16(19)11-20-15-5-3-2-4-6-15/h2-10,12,18H,11H2,1H3,(H,17,19). The minimum atomic E-state index is -0.513. The number of nitrogens with one attached hydrogen (secondary N) is 1. The molecule has 0 aliphatic carbocycles. The number of anilines is 1. The molecule has 0 heterocycles. The smallest absolute Gasteiger partial charge is 0.262 e. The van der Waals surface area contributed by atoms with Crippen LogP contribution in [0.25, 0.3) is 0 Å². The summed E-state index contributed by atoms with van der Waals surface area (Å²) in [7, 11) is 0. The molecule has 4 heteroatoms. The molecule has 0 aliphatic rings. The van der Waals surface area contributed by atoms with Crippen molar-refractivity contribution in [2.45, 2.75) is 13.0 Å². The first kappa shape index (κ1) is 14.1. The normalized spacial score (nSPS) is 11.7. The van der Waals surface area contributed by atoms with Crippen LogP contribution >= 0.6 is 0 Å². The number of amides is 1. The molecule has 4 nitrogen and oxygen atoms in total. The molecule has 20 heavy (non-hydrogen) atoms. The van der Waals surface area contributed by atoms with Crippen LogP contribution < -0.4 is 10.1 Å². The largest absolute Gasteiger partial charge is 0.484 e. The van der Waals surface area contributed by atoms with Gasteiger partial charge in [-0.2, -0.15) is 0 Å². The van der Waals surface area contributed by atoms with E-state index in [9.17, 15) is 9.90 Å². The Morgan fingerprint density at radius 2 is 1.80 bits per heavy atom. The summed E-state index contributed by atoms with van der Waals surface area (Å²) in [6, 6.07) is 16.2. The van der Waals surface area contributed by atoms with Gasteiger partial charge in [0.05, 0.1) is 6.10 Å². The molecule has 0 fully saturated rings. The average Bonchev–Trinajstić information content (AvgIpc) is 2.47. The van der Waals surface area contributed by atoms with E-state index in [1.54, 1.807) is 43.3 Å². The Morgan fingerprint density at radius 1 is 1.15 bits per heavy atom. The zero-order valence-electron chi connectivity index (χ0n) is 11.2. The Morgan fingerprint density at radius 3 is 2.40 bits per heavy atom. The van der Waals surface area contributed by atoms with Crippen molar-refractivity contribution in [2.75, 3.05) is 11.9 Å². The molecule has 0 radical (unpaired) electrons. The van der Waals surface area contributed by atoms with Crippen molar-refractivity contribution in [1.29, 1.82) is 0 Å². The summed E-state index contributed by atoms with van der Waals surface area (Å²) in [5.41, 5.74) is 1.49. The van der Waals surface area contributed by atoms with Gasteiger partial charge in [-0.15, -0.1) is 0 Å². The number of ether oxygens (including phenoxy) is 1. The van der Waals surface area contributed by atoms with Gasteiger partial charge in [0.25, 0.3) is 5.91 Å². The van der Waals surface area contributed by atoms with Gasteiger partial charge in [0.1, 0.15) is 5.75 Å². The summed E-state index contributed by atoms with van der Waals surface area (Å²) in [4.78, 5) is 11.7. The zero-order valence-corrected chi connectivity index (χ0v) is 11.2. The van der Waals surface area contributed by atoms with Crippen LogP contribution in [0.3, 0.4) is 0 Å². The Labute approximate surface area is 118 Å². The van der Waals surface area contributed by atoms with Gasteiger partial charge in [0.2, 0.25) is 0 Å². The van der Waals surface area contributed by atoms with E-state index in [-0.39, 0.29) is 12.5 Å². The fourth-order valence-electron chi connectivity index (χ4n) is 1.71. The fraction of sp³-hybridized carbons (Fsp3) is 0.188. The third-order valence-electron chi connectivity index (χ3n) is 2.79. The molecule has 2 aromatic rings. The second kappa shape index (κ2) is 6.73. The van der Waals surface area contributed by atoms with Gasteiger partial charge < -0.3 is 15.2 Å². The lowest BCUT2D eigenvalue weighted by molar-refractivity contribution is -0.118. The van der Waals surface area contributed by atoms with Crippen molar-refractivity contribution in [3.05, 3.63) is 60.2 Å². The first-order chi connectivity index (χ1) is 9.65. The van der Waals surface area contributed by atoms with Crippen molar-refractivity contribution in [1.82, 2.24) is 0 Å². The third-order valence-corrected chi connectivity index (χ3v) is 2.79. The molecule has 1 atom stereocenters. The van der Waals surface area contributed by atoms with Crippen molar-refractivity contribution in [2.24, 2.45) is 0 Å². The maximum Gasteiger partial charge on any atom is 0.262 e. The van der Waals surface area contributed by atoms with E-state index in [1.807, 2.05) is 18.2 Å². The highest BCUT2D eigenvalue weighted by atomic mass is 16.5. The van der Waals surface area contributed by atoms with E-state index in [4.69, 9.17) is 4.74 Å². The highest BCUT2D eigenvalue weighted by Crippen LogP contribution is 2.15. The molecule has 1 unspecified atom stereocenters. The number of benzene rings is 2. The number of hydrogen-bond donors (Lipinski definition) is 2. The van der Waals surface area contributed by atoms with E-state index in [1.165, 1.54) is 0 Å². The predicted octanol–water partition coefficient (Wildman–Crippen LogP) is 2.76. The molecule has 1 amide bonds. The zero-order chi connectivity index (χ0) is 14.4. The van der Waals surface area contributed by atoms with Crippen LogP contribution in [0, 0.1) is 0 Å². The number of aliphatic hydroxyl groups is 1. The van der Waals surface area contributed by atoms with E-state index < -0.39 is 6.10 Å². The lowest BCUT2D eigenvalue weighted by atomic mass is 10.1. The van der Waals surface area contributed by atoms with Gasteiger partial charge in [-0.3, -0.25) is 4.79 Å². The van der Waals surface area contributed by atoms with Gasteiger partial charge in [-0.1, -0.05) is 30.3 Å². The van der Waals surface area contributed by atoms with Crippen LogP contribution in [-0.2, 0) is 4.79 Å². The van der Waals surface area contributed by atoms with Crippen LogP contribution in [0.1, 0.15) is 18.6 Å². The van der Waals surface area contributed by atoms with E-state index in [2.05, 4.69) is 5.32 Å². The number of carbonyl (C=O) groups is 1. The number of carbonyl (C=O) groups excluding carboxylic acids is 1. The van der Waals surface area contributed by atoms with Crippen molar-refractivity contribution < 1.29 is 14.6 Å². The lowest BCUT2D eigenvalue weighted by Crippen LogP contribution is -2.20. The highest BCUT2D eigenvalue weighted by Gasteiger charge is 2.05. The molecular weight excluding hydrogens is 254 g/mol. The topological polar surface area (TPSA) is 58.6 Å². The summed E-state index contributed by atoms with van der Waals surface area (Å²) in [6.45, 7) is 1.66. The maximum atomic E-state index is 11.7. The Kier molecular flexibility index (Phi) is 4.74. The second-order valence-electron chi connectivity index (χ2n) is 4.45. The molecule has 0 saturated carbocycles. The number of hydrogen-bond acceptors (Lipinski definition) is 3. The van der Waals surface area contributed by atoms with Crippen LogP contribution in [0.5, 0.6) is 5.75 Å². The van der Waals surface area contributed by atoms with Crippen molar-refractivity contribution in [3.63, 3.8) is 0 Å². The Hall–Kier alpha value is -2.33. The van der Waals surface area contributed by atoms with Gasteiger partial charge in [0.15, 0.2) is 6.61 Å². The minimum absolute atomic E-state index is 0.0395. The first-order valence-corrected chi connectivity index (χ1v) is 6.41. The van der Waals surface area contributed by atoms with Gasteiger partial charge in [-0.05, 0) is 36.8 Å². The van der Waals surface area contributed by atoms with Crippen molar-refractivity contribution >= 4 is 11.6 Å². The highest BCUT2D eigenvalue weighted by molar-refractivity contribution is 5.91. The molecule has 0 saturated heterocycles. The van der Waals surface area contributed by atoms with Gasteiger partial charge in [0, 0.05) is 5.69 Å². The first-order valence-electron chi connectivity index (χ1n) is 6.41. The second-order valence-corrected chi connectivity index (χ2v) is 4.45. The Balaban J connectivity index is 1.85. The van der Waals surface area contributed by atoms with Gasteiger partial charge in [-0.25, -0.2) is 0 Å². The molecule has 0 aromatic heterocycles. The summed E-state index contributed by atoms with van der Waals surface area (Å²) in [5, 5.41) is 12.1. The minimum Gasteiger partial charge on any atom is -0.484 e. The van der Waals surface area contributed by atoms with Crippen LogP contribution in [-0.4, -0.2) is 17.6 Å². The fourth-order valence-corrected chi connectivity index (χ4v) is 1.71. The molecular formula is C16H17NO3. The average molecular weight is 271 g/mol. The molecule has 2 aromatic carbocycles. The summed E-state index contributed by atoms with van der Waals surface area (Å²) in [5.74, 6) is 0.436. The van der Waals surface area contributed by atoms with E-state index >= 15 is 0 Å². The van der Waals surface area contributed by atoms with Crippen LogP contribution in [0.15, 0.2) is 54.6 Å². The van der Waals surface area contributed by atoms with E-state index in [0.717, 1.165) is 5.56 Å². The van der Waals surface area contributed by atoms with Crippen molar-refractivity contribution in [3.8, 4) is 5.75 Å². The molecule has 2 rings (SSSR count). The third kappa shape index (κ3) is 4.10. The van der Waals surface area contributed by atoms with Gasteiger partial charge >= 0.3 is 0 Å². The summed E-state index contributed by atoms with van der Waals surface area (Å²) in [6.07, 6.45) is -0.513. The summed E-state index contributed by atoms with van der Waals surface area (Å²) < 4.78 is 5.35. The number of para-hydroxylation sites is 1. The monoisotopic (exact) mass is 271 g/mol. The molecule has 104 valence electrons. The molecule has 0 spiro atoms. The lowest BCUT2D eigenvalue weighted by Gasteiger charge is -2.09. The quantitative estimate of drug-likeness (QED) is 0.879. The number of aliphatic hydroxyl groups excluding tert-OH is 1. The summed E-state index contributed by atoms with van der Waals surface area (Å²) >= 11 is 0. The maximum absolute atomic E-state index is 11.7.